The van der Waals surface area contributed by atoms with Gasteiger partial charge in [-0.25, -0.2) is 17.6 Å². The van der Waals surface area contributed by atoms with Crippen LogP contribution in [0.3, 0.4) is 0 Å². The molecule has 5 unspecified atom stereocenters. The fraction of sp³-hybridized carbons (Fsp3) is 0.992. The Labute approximate surface area is 901 Å². The Balaban J connectivity index is 0.000000340. The molecule has 147 heavy (non-hydrogen) atoms. The van der Waals surface area contributed by atoms with Gasteiger partial charge in [-0.3, -0.25) is 34.2 Å². The maximum atomic E-state index is 14.0. The highest BCUT2D eigenvalue weighted by atomic mass is 19.3. The number of likely N-dealkylation sites (tertiary alicyclic amines) is 12. The van der Waals surface area contributed by atoms with Gasteiger partial charge in [0.05, 0.1) is 54.7 Å². The number of hydrogen-bond acceptors (Lipinski definition) is 23. The van der Waals surface area contributed by atoms with Gasteiger partial charge in [-0.05, 0) is 369 Å². The maximum Gasteiger partial charge on any atom is 0.275 e. The van der Waals surface area contributed by atoms with Crippen molar-refractivity contribution in [2.75, 3.05) is 276 Å². The highest BCUT2D eigenvalue weighted by Gasteiger charge is 2.50. The number of piperidine rings is 9. The quantitative estimate of drug-likeness (QED) is 0.0293. The second-order valence-electron chi connectivity index (χ2n) is 54.7. The summed E-state index contributed by atoms with van der Waals surface area (Å²) < 4.78 is 55.4. The van der Waals surface area contributed by atoms with Crippen LogP contribution in [0.1, 0.15) is 323 Å². The Morgan fingerprint density at radius 1 is 0.361 bits per heavy atom. The lowest BCUT2D eigenvalue weighted by molar-refractivity contribution is -0.141. The predicted octanol–water partition coefficient (Wildman–Crippen LogP) is 16.6. The number of alkyl halides is 4. The van der Waals surface area contributed by atoms with Gasteiger partial charge < -0.3 is 85.0 Å². The molecular formula is C119H241F4N15O9. The largest absolute Gasteiger partial charge is 0.396 e. The van der Waals surface area contributed by atoms with E-state index in [4.69, 9.17) is 0 Å². The SMILES string of the molecule is CC(C)CN1CCC(C(C)(C)CO)CC1.CC(C)CN1CCC(C(C)O)CC1.CC(C)CN1CCC(C)(CO)CC1.CC(C)CN1CCC(CC(C)(C)O)CC1.CC(C)CN1CCC(N(C)C)C(F)(F)C1.CC(C)CN1CCC(N2CC(O)C2)CC1.CC(C)CN1CCC(N2CCC(O)C2)CC1.CC(C)CN1CCC(N2CCC2)C(F)(F)C1.CC(C)CN1CCCC(C(C)(C)O)C1.CC(C)CN1CCN(C(=O)[C@@H](C)O)CC1. The third-order valence-corrected chi connectivity index (χ3v) is 32.6. The van der Waals surface area contributed by atoms with Crippen molar-refractivity contribution >= 4 is 5.91 Å². The Morgan fingerprint density at radius 2 is 0.714 bits per heavy atom. The van der Waals surface area contributed by atoms with Gasteiger partial charge in [-0.2, -0.15) is 0 Å². The van der Waals surface area contributed by atoms with Gasteiger partial charge in [-0.1, -0.05) is 159 Å². The summed E-state index contributed by atoms with van der Waals surface area (Å²) in [6.45, 7) is 101. The zero-order valence-electron chi connectivity index (χ0n) is 101. The van der Waals surface area contributed by atoms with E-state index in [1.54, 1.807) is 23.9 Å². The van der Waals surface area contributed by atoms with Gasteiger partial charge in [0.15, 0.2) is 0 Å². The van der Waals surface area contributed by atoms with Crippen molar-refractivity contribution in [1.82, 2.24) is 73.5 Å². The van der Waals surface area contributed by atoms with E-state index in [2.05, 4.69) is 208 Å². The van der Waals surface area contributed by atoms with Gasteiger partial charge in [0.25, 0.3) is 17.8 Å². The van der Waals surface area contributed by atoms with E-state index in [1.807, 2.05) is 49.3 Å². The fourth-order valence-electron chi connectivity index (χ4n) is 24.4. The van der Waals surface area contributed by atoms with E-state index >= 15 is 0 Å². The molecule has 28 heteroatoms. The zero-order valence-corrected chi connectivity index (χ0v) is 101. The summed E-state index contributed by atoms with van der Waals surface area (Å²) in [5, 5.41) is 75.7. The molecule has 0 aromatic carbocycles. The summed E-state index contributed by atoms with van der Waals surface area (Å²) in [5.41, 5.74) is -0.669. The number of amides is 1. The lowest BCUT2D eigenvalue weighted by atomic mass is 9.74. The van der Waals surface area contributed by atoms with Crippen LogP contribution in [-0.2, 0) is 4.79 Å². The number of rotatable bonds is 32. The highest BCUT2D eigenvalue weighted by molar-refractivity contribution is 5.80. The predicted molar refractivity (Wildman–Crippen MR) is 609 cm³/mol. The normalized spacial score (nSPS) is 25.4. The van der Waals surface area contributed by atoms with Crippen LogP contribution in [-0.4, -0.2) is 468 Å². The molecule has 13 saturated heterocycles. The molecule has 8 N–H and O–H groups in total. The van der Waals surface area contributed by atoms with Crippen LogP contribution in [0.2, 0.25) is 0 Å². The number of halogens is 4. The van der Waals surface area contributed by atoms with Crippen molar-refractivity contribution in [2.45, 2.75) is 394 Å². The summed E-state index contributed by atoms with van der Waals surface area (Å²) in [4.78, 5) is 45.8. The first-order valence-electron chi connectivity index (χ1n) is 60.0. The molecule has 874 valence electrons. The molecule has 0 spiro atoms. The molecule has 0 saturated carbocycles. The van der Waals surface area contributed by atoms with E-state index in [0.29, 0.717) is 61.6 Å². The van der Waals surface area contributed by atoms with Crippen molar-refractivity contribution in [3.8, 4) is 0 Å². The number of hydrogen-bond donors (Lipinski definition) is 8. The molecule has 0 aromatic rings. The number of piperazine rings is 1. The number of carbonyl (C=O) groups excluding carboxylic acids is 1. The molecule has 24 nitrogen and oxygen atoms in total. The van der Waals surface area contributed by atoms with Crippen molar-refractivity contribution in [2.24, 2.45) is 93.7 Å². The zero-order chi connectivity index (χ0) is 111. The van der Waals surface area contributed by atoms with Crippen LogP contribution in [0.25, 0.3) is 0 Å². The maximum absolute atomic E-state index is 14.0. The third-order valence-electron chi connectivity index (χ3n) is 32.6. The van der Waals surface area contributed by atoms with E-state index < -0.39 is 41.2 Å². The Hall–Kier alpha value is -1.69. The first-order valence-corrected chi connectivity index (χ1v) is 60.0. The molecule has 13 rings (SSSR count). The fourth-order valence-corrected chi connectivity index (χ4v) is 24.4. The van der Waals surface area contributed by atoms with Gasteiger partial charge in [0.2, 0.25) is 0 Å². The Morgan fingerprint density at radius 3 is 1.05 bits per heavy atom. The standard InChI is InChI=1S/C13H26N2O.2C13H27NO.C12H22F2N2.C12H24N2O.C12H25NO.C11H22F2N2.C11H22N2O2.2C11H23NO/c1-11(2)9-14-6-3-12(4-7-14)15-8-5-13(16)10-15;1-11(2)10-14-7-5-12(6-8-14)9-13(3,4)15;1-11(2)9-14-7-5-12(6-8-14)13(3,4)10-15;1-10(2)8-15-7-4-11(12(13,14)9-15)16-5-3-6-16;1-10(2)7-13-5-3-11(4-6-13)14-8-12(15)9-14;1-10(2)8-13-7-5-6-11(9-13)12(3,4)14;1-9(2)7-15-6-5-10(14(3)4)11(12,13)8-15;1-9(2)8-12-4-6-13(7-5-12)11(15)10(3)14;1-10(2)8-12-6-4-11(3,9-13)5-7-12;1-9(2)8-12-6-4-11(5-7-12)10(3)13/h11-13,16H,3-10H2,1-2H3;2*11-12,15H,5-10H2,1-4H3;10-11H,3-9H2,1-2H3;10-12,15H,3-9H2,1-2H3;10-11,14H,5-9H2,1-4H3;9-10H,5-8H2,1-4H3;9-10,14H,4-8H2,1-3H3;10,13H,4-9H2,1-3H3;9-11,13H,4-8H2,1-3H3/t;;;;;;;10-;;/m.......1../s1. The van der Waals surface area contributed by atoms with Crippen LogP contribution >= 0.6 is 0 Å². The average molecular weight is 2100 g/mol. The molecule has 13 fully saturated rings. The van der Waals surface area contributed by atoms with Gasteiger partial charge in [0.1, 0.15) is 6.10 Å². The molecule has 6 atom stereocenters. The molecule has 1 amide bonds. The molecule has 0 aliphatic carbocycles. The number of nitrogens with zero attached hydrogens (tertiary/aromatic N) is 15. The molecule has 0 radical (unpaired) electrons. The molecule has 0 bridgehead atoms. The molecule has 13 heterocycles. The van der Waals surface area contributed by atoms with E-state index in [0.717, 1.165) is 209 Å². The number of carbonyl (C=O) groups is 1. The van der Waals surface area contributed by atoms with Crippen LogP contribution in [0.5, 0.6) is 0 Å². The smallest absolute Gasteiger partial charge is 0.275 e. The Bertz CT molecular complexity index is 3290. The van der Waals surface area contributed by atoms with Crippen molar-refractivity contribution in [3.05, 3.63) is 0 Å². The summed E-state index contributed by atoms with van der Waals surface area (Å²) in [6.07, 6.45) is 20.4. The van der Waals surface area contributed by atoms with E-state index in [1.165, 1.54) is 202 Å². The summed E-state index contributed by atoms with van der Waals surface area (Å²) >= 11 is 0. The lowest BCUT2D eigenvalue weighted by Crippen LogP contribution is -2.61. The van der Waals surface area contributed by atoms with Gasteiger partial charge >= 0.3 is 0 Å². The number of aliphatic hydroxyl groups excluding tert-OH is 6. The minimum atomic E-state index is -2.57. The molecule has 0 aromatic heterocycles. The summed E-state index contributed by atoms with van der Waals surface area (Å²) in [7, 11) is 3.47. The van der Waals surface area contributed by atoms with Crippen LogP contribution < -0.4 is 0 Å². The topological polar surface area (TPSA) is 228 Å². The van der Waals surface area contributed by atoms with E-state index in [9.17, 15) is 63.2 Å². The summed E-state index contributed by atoms with van der Waals surface area (Å²) in [6, 6.07) is 0.392. The first kappa shape index (κ1) is 138. The minimum Gasteiger partial charge on any atom is -0.396 e. The lowest BCUT2D eigenvalue weighted by Gasteiger charge is -2.47. The van der Waals surface area contributed by atoms with Crippen molar-refractivity contribution < 1.29 is 63.2 Å². The van der Waals surface area contributed by atoms with E-state index in [-0.39, 0.29) is 48.1 Å². The van der Waals surface area contributed by atoms with Crippen LogP contribution in [0, 0.1) is 93.7 Å². The van der Waals surface area contributed by atoms with Crippen molar-refractivity contribution in [1.29, 1.82) is 0 Å². The second kappa shape index (κ2) is 69.0. The number of β-amino-alcohol motifs (C(OH)–C–C–N with tert-alkyl or cyclic N) is 2. The van der Waals surface area contributed by atoms with Gasteiger partial charge in [0, 0.05) is 163 Å². The van der Waals surface area contributed by atoms with Crippen molar-refractivity contribution in [3.63, 3.8) is 0 Å². The number of aliphatic hydroxyl groups is 8. The Kier molecular flexibility index (Phi) is 64.5. The molecular weight excluding hydrogens is 1860 g/mol. The highest BCUT2D eigenvalue weighted by Crippen LogP contribution is 2.39. The second-order valence-corrected chi connectivity index (χ2v) is 54.7. The summed E-state index contributed by atoms with van der Waals surface area (Å²) in [5.74, 6) is 4.16. The third kappa shape index (κ3) is 57.1. The average Bonchev–Trinajstić information content (AvgIpc) is 0.851. The molecule has 13 aliphatic heterocycles. The minimum absolute atomic E-state index is 0.0429. The van der Waals surface area contributed by atoms with Crippen LogP contribution in [0.4, 0.5) is 17.6 Å². The first-order chi connectivity index (χ1) is 68.5. The van der Waals surface area contributed by atoms with Gasteiger partial charge in [-0.15, -0.1) is 0 Å². The monoisotopic (exact) mass is 2100 g/mol. The van der Waals surface area contributed by atoms with Crippen LogP contribution in [0.15, 0.2) is 0 Å². The molecule has 13 aliphatic rings.